The smallest absolute Gasteiger partial charge is 0.282 e. The Bertz CT molecular complexity index is 4060. The fourth-order valence-corrected chi connectivity index (χ4v) is 21.5. The monoisotopic (exact) mass is 1610 g/mol. The summed E-state index contributed by atoms with van der Waals surface area (Å²) >= 11 is 0. The third-order valence-electron chi connectivity index (χ3n) is 22.5. The van der Waals surface area contributed by atoms with E-state index in [0.29, 0.717) is 134 Å². The Balaban J connectivity index is 0.000000219. The van der Waals surface area contributed by atoms with E-state index in [2.05, 4.69) is 26.2 Å². The van der Waals surface area contributed by atoms with E-state index in [1.165, 1.54) is 107 Å². The molecule has 108 heavy (non-hydrogen) atoms. The normalized spacial score (nSPS) is 20.2. The Morgan fingerprint density at radius 2 is 0.972 bits per heavy atom. The molecule has 3 saturated heterocycles. The van der Waals surface area contributed by atoms with Gasteiger partial charge in [-0.05, 0) is 205 Å². The Hall–Kier alpha value is -5.07. The van der Waals surface area contributed by atoms with Crippen LogP contribution < -0.4 is 38.5 Å². The molecule has 4 aromatic carbocycles. The van der Waals surface area contributed by atoms with Crippen molar-refractivity contribution in [2.75, 3.05) is 206 Å². The molecule has 0 aromatic heterocycles. The zero-order chi connectivity index (χ0) is 77.9. The third-order valence-corrected chi connectivity index (χ3v) is 30.0. The number of anilines is 4. The lowest BCUT2D eigenvalue weighted by molar-refractivity contribution is 0.175. The first kappa shape index (κ1) is 86.9. The molecule has 3 heterocycles. The maximum Gasteiger partial charge on any atom is 0.282 e. The SMILES string of the molecule is CCC1(COS(C)(=O)=O)CC1.COc1cc(F)ccc1N1CCN(S(=O)(=O)N2CCCN(CC3CCCCC3)CCCN(S(=O)(=O)c3ccc(N(C)C)cc3)CC3(CC3)C2)CC1.COc1cc(F)ccc1N1CCN(S(=O)(=O)NCCCN(CCCNS(=O)(=O)c2ccc(N(C)C)cc2)CC2CCCCC2)CC1. The summed E-state index contributed by atoms with van der Waals surface area (Å²) in [6, 6.07) is 22.7. The minimum atomic E-state index is -3.84. The lowest BCUT2D eigenvalue weighted by atomic mass is 9.89. The lowest BCUT2D eigenvalue weighted by Crippen LogP contribution is -2.55. The third kappa shape index (κ3) is 25.5. The zero-order valence-electron chi connectivity index (χ0n) is 65.1. The van der Waals surface area contributed by atoms with Gasteiger partial charge < -0.3 is 38.9 Å². The molecule has 1 spiro atoms. The minimum absolute atomic E-state index is 0.198. The van der Waals surface area contributed by atoms with Crippen molar-refractivity contribution >= 4 is 73.3 Å². The first-order valence-electron chi connectivity index (χ1n) is 38.9. The molecule has 0 amide bonds. The van der Waals surface area contributed by atoms with Gasteiger partial charge in [-0.25, -0.2) is 35.1 Å². The van der Waals surface area contributed by atoms with Crippen LogP contribution in [0.15, 0.2) is 94.7 Å². The van der Waals surface area contributed by atoms with Crippen LogP contribution in [0.5, 0.6) is 11.5 Å². The highest BCUT2D eigenvalue weighted by Gasteiger charge is 2.50. The Morgan fingerprint density at radius 1 is 0.509 bits per heavy atom. The van der Waals surface area contributed by atoms with Gasteiger partial charge in [-0.1, -0.05) is 45.4 Å². The number of nitrogens with zero attached hydrogens (tertiary/aromatic N) is 10. The largest absolute Gasteiger partial charge is 0.494 e. The summed E-state index contributed by atoms with van der Waals surface area (Å²) in [7, 11) is -7.42. The summed E-state index contributed by atoms with van der Waals surface area (Å²) in [6.45, 7) is 12.6. The second kappa shape index (κ2) is 39.6. The molecule has 0 radical (unpaired) electrons. The maximum atomic E-state index is 14.5. The predicted octanol–water partition coefficient (Wildman–Crippen LogP) is 9.37. The van der Waals surface area contributed by atoms with E-state index in [-0.39, 0.29) is 26.8 Å². The van der Waals surface area contributed by atoms with Gasteiger partial charge in [0.2, 0.25) is 20.0 Å². The van der Waals surface area contributed by atoms with Crippen LogP contribution in [0.2, 0.25) is 0 Å². The van der Waals surface area contributed by atoms with Gasteiger partial charge in [-0.3, -0.25) is 4.18 Å². The summed E-state index contributed by atoms with van der Waals surface area (Å²) in [6.07, 6.45) is 21.1. The first-order chi connectivity index (χ1) is 51.4. The standard InChI is InChI=1S/C37H57FN6O5S2.C32H51FN6O5S2.C7H14O3S/c1-39(2)33-12-14-34(15-13-33)50(45,46)43-21-7-19-40(28-31-9-5-4-6-10-31)20-8-22-44(30-37(29-43)17-18-37)51(47,48)42-25-23-41(24-26-42)35-16-11-32(38)27-36(35)49-3;1-36(2)29-12-14-30(15-13-29)45(40,41)34-17-7-19-37(26-27-9-5-4-6-10-27)20-8-18-35-46(42,43)39-23-21-38(22-24-39)31-16-11-28(33)25-32(31)44-3;1-3-7(4-5-7)6-10-11(2,8)9/h11-16,27,31H,4-10,17-26,28-30H2,1-3H3;11-16,25,27,34-35H,4-10,17-24,26H2,1-3H3;3-6H2,1-2H3. The number of halogens is 2. The second-order valence-corrected chi connectivity index (χ2v) is 40.0. The van der Waals surface area contributed by atoms with Crippen molar-refractivity contribution in [1.82, 2.24) is 36.5 Å². The molecule has 4 aliphatic carbocycles. The predicted molar refractivity (Wildman–Crippen MR) is 425 cm³/mol. The molecule has 4 saturated carbocycles. The van der Waals surface area contributed by atoms with Gasteiger partial charge in [0.15, 0.2) is 0 Å². The Kier molecular flexibility index (Phi) is 31.9. The molecule has 32 heteroatoms. The molecule has 7 aliphatic rings. The van der Waals surface area contributed by atoms with E-state index in [1.54, 1.807) is 61.4 Å². The van der Waals surface area contributed by atoms with Crippen LogP contribution in [-0.4, -0.2) is 255 Å². The zero-order valence-corrected chi connectivity index (χ0v) is 69.2. The molecule has 608 valence electrons. The van der Waals surface area contributed by atoms with Crippen molar-refractivity contribution < 1.29 is 64.5 Å². The number of piperazine rings is 2. The number of benzene rings is 4. The van der Waals surface area contributed by atoms with Gasteiger partial charge in [-0.2, -0.15) is 42.5 Å². The fraction of sp³-hybridized carbons (Fsp3) is 0.684. The van der Waals surface area contributed by atoms with E-state index in [9.17, 15) is 50.9 Å². The molecule has 2 N–H and O–H groups in total. The molecule has 25 nitrogen and oxygen atoms in total. The number of ether oxygens (including phenoxy) is 2. The molecule has 0 atom stereocenters. The van der Waals surface area contributed by atoms with Crippen molar-refractivity contribution in [3.63, 3.8) is 0 Å². The van der Waals surface area contributed by atoms with Gasteiger partial charge in [0, 0.05) is 156 Å². The van der Waals surface area contributed by atoms with E-state index in [0.717, 1.165) is 113 Å². The van der Waals surface area contributed by atoms with Crippen LogP contribution in [0.25, 0.3) is 0 Å². The molecular weight excluding hydrogens is 1490 g/mol. The van der Waals surface area contributed by atoms with Gasteiger partial charge in [0.1, 0.15) is 23.1 Å². The van der Waals surface area contributed by atoms with Crippen molar-refractivity contribution in [1.29, 1.82) is 0 Å². The molecule has 0 unspecified atom stereocenters. The van der Waals surface area contributed by atoms with Gasteiger partial charge in [0.25, 0.3) is 30.5 Å². The molecule has 7 fully saturated rings. The Morgan fingerprint density at radius 3 is 1.44 bits per heavy atom. The highest BCUT2D eigenvalue weighted by molar-refractivity contribution is 7.89. The van der Waals surface area contributed by atoms with Crippen LogP contribution in [0.4, 0.5) is 31.5 Å². The topological polar surface area (TPSA) is 255 Å². The average Bonchev–Trinajstić information content (AvgIpc) is 1.47. The minimum Gasteiger partial charge on any atom is -0.494 e. The number of nitrogens with one attached hydrogen (secondary N) is 2. The van der Waals surface area contributed by atoms with E-state index in [1.807, 2.05) is 59.9 Å². The van der Waals surface area contributed by atoms with Crippen LogP contribution >= 0.6 is 0 Å². The van der Waals surface area contributed by atoms with Crippen LogP contribution in [-0.2, 0) is 54.8 Å². The van der Waals surface area contributed by atoms with Crippen molar-refractivity contribution in [2.24, 2.45) is 22.7 Å². The molecule has 3 aliphatic heterocycles. The van der Waals surface area contributed by atoms with Gasteiger partial charge in [0.05, 0.1) is 48.2 Å². The van der Waals surface area contributed by atoms with E-state index < -0.39 is 56.0 Å². The highest BCUT2D eigenvalue weighted by Crippen LogP contribution is 2.50. The number of hydrogen-bond acceptors (Lipinski definition) is 19. The lowest BCUT2D eigenvalue weighted by Gasteiger charge is -2.39. The van der Waals surface area contributed by atoms with Crippen molar-refractivity contribution in [3.8, 4) is 11.5 Å². The Labute approximate surface area is 645 Å². The fourth-order valence-electron chi connectivity index (χ4n) is 15.4. The van der Waals surface area contributed by atoms with Crippen molar-refractivity contribution in [2.45, 2.75) is 139 Å². The molecular formula is C76H122F2N12O13S5. The van der Waals surface area contributed by atoms with Gasteiger partial charge in [-0.15, -0.1) is 0 Å². The number of sulfonamides is 2. The summed E-state index contributed by atoms with van der Waals surface area (Å²) in [5, 5.41) is 0. The summed E-state index contributed by atoms with van der Waals surface area (Å²) < 4.78 is 185. The summed E-state index contributed by atoms with van der Waals surface area (Å²) in [5.41, 5.74) is 3.13. The van der Waals surface area contributed by atoms with Gasteiger partial charge >= 0.3 is 0 Å². The molecule has 0 bridgehead atoms. The van der Waals surface area contributed by atoms with E-state index >= 15 is 0 Å². The summed E-state index contributed by atoms with van der Waals surface area (Å²) in [4.78, 5) is 13.3. The van der Waals surface area contributed by atoms with Crippen molar-refractivity contribution in [3.05, 3.63) is 96.6 Å². The first-order valence-corrected chi connectivity index (χ1v) is 46.4. The van der Waals surface area contributed by atoms with E-state index in [4.69, 9.17) is 13.7 Å². The van der Waals surface area contributed by atoms with Crippen LogP contribution in [0.1, 0.15) is 129 Å². The number of methoxy groups -OCH3 is 2. The number of rotatable bonds is 30. The maximum absolute atomic E-state index is 14.5. The quantitative estimate of drug-likeness (QED) is 0.0364. The molecule has 4 aromatic rings. The van der Waals surface area contributed by atoms with Crippen LogP contribution in [0, 0.1) is 34.3 Å². The van der Waals surface area contributed by atoms with Crippen LogP contribution in [0.3, 0.4) is 0 Å². The second-order valence-electron chi connectivity index (χ2n) is 31.0. The molecule has 11 rings (SSSR count). The average molecular weight is 1610 g/mol. The summed E-state index contributed by atoms with van der Waals surface area (Å²) in [5.74, 6) is 1.35. The number of hydrogen-bond donors (Lipinski definition) is 2. The highest BCUT2D eigenvalue weighted by atomic mass is 32.2.